The summed E-state index contributed by atoms with van der Waals surface area (Å²) in [5.41, 5.74) is 59.9. The minimum atomic E-state index is 0. The summed E-state index contributed by atoms with van der Waals surface area (Å²) in [6.45, 7) is 10.3. The Balaban J connectivity index is 0.000000178. The number of aromatic nitrogens is 34. The number of rotatable bonds is 35. The van der Waals surface area contributed by atoms with Gasteiger partial charge in [0.05, 0.1) is 125 Å². The number of hydrogen-bond acceptors (Lipinski definition) is 27. The second kappa shape index (κ2) is 55.9. The molecule has 0 aliphatic carbocycles. The molecule has 0 bridgehead atoms. The van der Waals surface area contributed by atoms with Crippen molar-refractivity contribution in [3.05, 3.63) is 357 Å². The molecule has 1 aliphatic rings. The molecule has 21 rings (SSSR count). The fraction of sp³-hybridized carbons (Fsp3) is 0.265. The van der Waals surface area contributed by atoms with Crippen LogP contribution in [0.2, 0.25) is 0 Å². The molecule has 0 unspecified atom stereocenters. The van der Waals surface area contributed by atoms with Gasteiger partial charge in [0.25, 0.3) is 0 Å². The number of imidazole rings is 8. The minimum Gasteiger partial charge on any atom is -0.369 e. The van der Waals surface area contributed by atoms with Crippen molar-refractivity contribution < 1.29 is 0 Å². The standard InChI is InChI=1S/C19H24N6.C17H20N8.C17H20N6.C16H18N6.C15H16N8.C15H15N7.3CH4.3ClH/c1-15(11-16-7-3-2-4-8-16)13-25-14-18(23-24-25)10-6-5-9-17-12-21-19(20)22-17;1-10-5-14-15(6-11(10)2)22-16(21-14)9-25-8-13(23-24-25)4-3-12-7-19-17(18)20-12;18-17-19-12-15(20-17)9-4-10-16-13-23(22-21-16)11-5-8-14-6-2-1-3-7-14;17-16-18-11-14(19-16)8-9-15-12-22(21-20-15)10-4-7-13-5-2-1-3-6-13;16-15-17-7-10(18-15)5-6-11-8-23(22-21-11)9-14-19-12-3-1-2-4-13(12)20-14;16-15-17-7-11(19-15)6-13-9-22(21-20-13)8-12-5-10-3-1-2-4-14(10)18-12;;;;;;/h2-4,7-8,11-12,14H,5-6,9-10,13H2,1H3,(H3,20,21,22);5-8H,3-4,9H2,1-2H3,(H,21,22)(H3,18,19,20);1-3,5-8,12-13H,4,9-11H2,(H3,18,19,20);1-7,11-12H,8-10H2,(H3,17,18,19);1-4,7-8H,5-6,9H2,(H,19,20)(H3,16,17,18);1-4,7,9H,5-6,8H2,(H3,16,17,19);3*1H4;3*1H/b15-11+;;8-5+;7-4+;;;;;;;;. The molecule has 44 heteroatoms. The number of nitrogen functional groups attached to an aromatic ring is 6. The third-order valence-electron chi connectivity index (χ3n) is 22.4. The Labute approximate surface area is 864 Å². The molecular weight excluding hydrogens is 1910 g/mol. The van der Waals surface area contributed by atoms with Gasteiger partial charge < -0.3 is 74.3 Å². The number of halogens is 3. The average Bonchev–Trinajstić information content (AvgIpc) is 1.56. The fourth-order valence-electron chi connectivity index (χ4n) is 15.3. The molecule has 146 heavy (non-hydrogen) atoms. The summed E-state index contributed by atoms with van der Waals surface area (Å²) in [4.78, 5) is 62.5. The van der Waals surface area contributed by atoms with Crippen LogP contribution >= 0.6 is 37.2 Å². The number of unbranched alkanes of at least 4 members (excludes halogenated alkanes) is 1. The van der Waals surface area contributed by atoms with Crippen molar-refractivity contribution in [1.82, 2.24) is 170 Å². The van der Waals surface area contributed by atoms with Gasteiger partial charge in [-0.3, -0.25) is 4.99 Å². The van der Waals surface area contributed by atoms with Gasteiger partial charge >= 0.3 is 0 Å². The number of benzene rings is 6. The van der Waals surface area contributed by atoms with E-state index in [1.165, 1.54) is 39.0 Å². The van der Waals surface area contributed by atoms with Crippen LogP contribution in [0.5, 0.6) is 0 Å². The van der Waals surface area contributed by atoms with E-state index in [1.54, 1.807) is 46.5 Å². The Hall–Kier alpha value is -17.1. The lowest BCUT2D eigenvalue weighted by molar-refractivity contribution is 0.630. The van der Waals surface area contributed by atoms with Crippen molar-refractivity contribution in [3.8, 4) is 0 Å². The van der Waals surface area contributed by atoms with Crippen LogP contribution < -0.4 is 34.4 Å². The maximum absolute atomic E-state index is 5.58. The first-order valence-electron chi connectivity index (χ1n) is 46.2. The van der Waals surface area contributed by atoms with Crippen LogP contribution in [0.25, 0.3) is 40.3 Å². The monoisotopic (exact) mass is 2030 g/mol. The first kappa shape index (κ1) is 111. The van der Waals surface area contributed by atoms with E-state index < -0.39 is 0 Å². The van der Waals surface area contributed by atoms with E-state index in [0.717, 1.165) is 216 Å². The molecule has 14 aromatic heterocycles. The quantitative estimate of drug-likeness (QED) is 0.0164. The summed E-state index contributed by atoms with van der Waals surface area (Å²) < 4.78 is 11.0. The first-order chi connectivity index (χ1) is 68.4. The number of aryl methyl sites for hydroxylation is 12. The normalized spacial score (nSPS) is 11.2. The molecule has 20 N–H and O–H groups in total. The number of H-pyrrole nitrogens is 8. The predicted molar refractivity (Wildman–Crippen MR) is 582 cm³/mol. The van der Waals surface area contributed by atoms with Crippen molar-refractivity contribution in [2.45, 2.75) is 179 Å². The lowest BCUT2D eigenvalue weighted by atomic mass is 10.1. The minimum absolute atomic E-state index is 0. The van der Waals surface area contributed by atoms with E-state index in [2.05, 4.69) is 252 Å². The molecule has 0 spiro atoms. The highest BCUT2D eigenvalue weighted by Crippen LogP contribution is 2.27. The molecule has 15 heterocycles. The number of nitrogens with one attached hydrogen (secondary N) is 8. The Kier molecular flexibility index (Phi) is 42.5. The molecule has 0 saturated carbocycles. The van der Waals surface area contributed by atoms with Crippen LogP contribution in [0.3, 0.4) is 0 Å². The number of nitrogens with two attached hydrogens (primary N) is 6. The maximum atomic E-state index is 5.58. The summed E-state index contributed by atoms with van der Waals surface area (Å²) in [5, 5.41) is 50.3. The van der Waals surface area contributed by atoms with Gasteiger partial charge in [0.1, 0.15) is 24.7 Å². The molecule has 1 aliphatic heterocycles. The second-order valence-corrected chi connectivity index (χ2v) is 33.8. The average molecular weight is 2030 g/mol. The topological polar surface area (TPSA) is 582 Å². The van der Waals surface area contributed by atoms with Gasteiger partial charge in [-0.25, -0.2) is 68.0 Å². The molecular formula is C102H128Cl3N41. The van der Waals surface area contributed by atoms with E-state index in [1.807, 2.05) is 153 Å². The lowest BCUT2D eigenvalue weighted by Crippen LogP contribution is -2.10. The number of aromatic amines is 8. The highest BCUT2D eigenvalue weighted by molar-refractivity contribution is 5.93. The van der Waals surface area contributed by atoms with Crippen molar-refractivity contribution >= 4 is 125 Å². The van der Waals surface area contributed by atoms with Crippen LogP contribution in [0.15, 0.2) is 249 Å². The summed E-state index contributed by atoms with van der Waals surface area (Å²) in [5.74, 6) is 4.43. The molecule has 41 nitrogen and oxygen atoms in total. The summed E-state index contributed by atoms with van der Waals surface area (Å²) in [6, 6.07) is 51.1. The summed E-state index contributed by atoms with van der Waals surface area (Å²) in [7, 11) is 0. The molecule has 762 valence electrons. The first-order valence-corrected chi connectivity index (χ1v) is 46.2. The SMILES string of the molecule is C.C.C.C/C(=C\c1ccccc1)Cn1cc(CCCCc2cnc(N)[nH]2)nn1.Cc1cc2nc(Cn3cc(CCc4cnc(N)[nH]4)nn3)[nH]c2cc1C.Cl.Cl.Cl.Nc1ncc(CCCc2cn(C/C=C/c3ccccc3)nn2)[nH]1.Nc1ncc(CCc2cn(C/C=C/c3ccccc3)nn2)[nH]1.Nc1ncc(CCc2cn(Cc3nc4ccccc4[nH]3)nn2)[nH]1.Nc1ncc(Cc2cn(CC3=Nc4ccccc4C3)nn2)[nH]1. The van der Waals surface area contributed by atoms with Gasteiger partial charge in [0.15, 0.2) is 35.7 Å². The Morgan fingerprint density at radius 3 is 1.18 bits per heavy atom. The number of anilines is 6. The van der Waals surface area contributed by atoms with Gasteiger partial charge in [0.2, 0.25) is 0 Å². The Morgan fingerprint density at radius 1 is 0.342 bits per heavy atom. The third kappa shape index (κ3) is 34.7. The number of hydrogen-bond donors (Lipinski definition) is 14. The van der Waals surface area contributed by atoms with Gasteiger partial charge in [-0.15, -0.1) is 67.8 Å². The largest absolute Gasteiger partial charge is 0.369 e. The van der Waals surface area contributed by atoms with Gasteiger partial charge in [-0.1, -0.05) is 211 Å². The van der Waals surface area contributed by atoms with E-state index >= 15 is 0 Å². The predicted octanol–water partition coefficient (Wildman–Crippen LogP) is 15.7. The fourth-order valence-corrected chi connectivity index (χ4v) is 15.3. The van der Waals surface area contributed by atoms with Crippen LogP contribution in [0.1, 0.15) is 162 Å². The van der Waals surface area contributed by atoms with Crippen molar-refractivity contribution in [2.24, 2.45) is 4.99 Å². The number of nitrogens with zero attached hydrogens (tertiary/aromatic N) is 27. The second-order valence-electron chi connectivity index (χ2n) is 33.8. The molecule has 20 aromatic rings. The zero-order chi connectivity index (χ0) is 96.6. The molecule has 0 atom stereocenters. The van der Waals surface area contributed by atoms with E-state index in [4.69, 9.17) is 34.4 Å². The van der Waals surface area contributed by atoms with E-state index in [9.17, 15) is 0 Å². The Morgan fingerprint density at radius 2 is 0.705 bits per heavy atom. The van der Waals surface area contributed by atoms with Crippen LogP contribution in [0.4, 0.5) is 41.4 Å². The molecule has 6 aromatic carbocycles. The number of fused-ring (bicyclic) bond motifs is 3. The van der Waals surface area contributed by atoms with Gasteiger partial charge in [-0.2, -0.15) is 0 Å². The highest BCUT2D eigenvalue weighted by atomic mass is 35.5. The van der Waals surface area contributed by atoms with Crippen molar-refractivity contribution in [3.63, 3.8) is 0 Å². The van der Waals surface area contributed by atoms with Gasteiger partial charge in [0, 0.05) is 89.9 Å². The van der Waals surface area contributed by atoms with Crippen LogP contribution in [0, 0.1) is 13.8 Å². The third-order valence-corrected chi connectivity index (χ3v) is 22.4. The zero-order valence-corrected chi connectivity index (χ0v) is 81.8. The van der Waals surface area contributed by atoms with E-state index in [0.29, 0.717) is 68.3 Å². The lowest BCUT2D eigenvalue weighted by Gasteiger charge is -2.01. The van der Waals surface area contributed by atoms with E-state index in [-0.39, 0.29) is 59.5 Å². The van der Waals surface area contributed by atoms with Gasteiger partial charge in [-0.05, 0) is 168 Å². The molecule has 0 radical (unpaired) electrons. The maximum Gasteiger partial charge on any atom is 0.197 e. The number of aliphatic imine (C=N–C) groups is 1. The molecule has 0 saturated heterocycles. The summed E-state index contributed by atoms with van der Waals surface area (Å²) >= 11 is 0. The highest BCUT2D eigenvalue weighted by Gasteiger charge is 2.18. The zero-order valence-electron chi connectivity index (χ0n) is 79.4. The summed E-state index contributed by atoms with van der Waals surface area (Å²) in [6.07, 6.45) is 46.0. The van der Waals surface area contributed by atoms with Crippen molar-refractivity contribution in [2.75, 3.05) is 34.4 Å². The Bertz CT molecular complexity index is 7290. The van der Waals surface area contributed by atoms with Crippen LogP contribution in [-0.2, 0) is 116 Å². The van der Waals surface area contributed by atoms with Crippen molar-refractivity contribution in [1.29, 1.82) is 0 Å². The smallest absolute Gasteiger partial charge is 0.197 e. The number of para-hydroxylation sites is 3. The molecule has 0 amide bonds. The number of allylic oxidation sites excluding steroid dienone is 3. The molecule has 0 fully saturated rings. The van der Waals surface area contributed by atoms with Crippen LogP contribution in [-0.4, -0.2) is 175 Å².